The summed E-state index contributed by atoms with van der Waals surface area (Å²) in [5, 5.41) is 1.94. The van der Waals surface area contributed by atoms with Crippen molar-refractivity contribution in [1.82, 2.24) is 9.88 Å². The van der Waals surface area contributed by atoms with Gasteiger partial charge in [0, 0.05) is 24.0 Å². The van der Waals surface area contributed by atoms with Gasteiger partial charge < -0.3 is 14.4 Å². The van der Waals surface area contributed by atoms with Crippen LogP contribution in [0.15, 0.2) is 29.1 Å². The molecule has 2 rings (SSSR count). The maximum Gasteiger partial charge on any atom is 0.253 e. The molecule has 1 aromatic heterocycles. The molecule has 0 aliphatic carbocycles. The Bertz CT molecular complexity index is 610. The Morgan fingerprint density at radius 1 is 1.27 bits per heavy atom. The topological polar surface area (TPSA) is 51.7 Å². The number of amides is 1. The van der Waals surface area contributed by atoms with Crippen molar-refractivity contribution in [2.24, 2.45) is 0 Å². The maximum atomic E-state index is 12.4. The number of carbonyl (C=O) groups excluding carboxylic acids is 1. The van der Waals surface area contributed by atoms with Gasteiger partial charge in [0.15, 0.2) is 11.5 Å². The van der Waals surface area contributed by atoms with E-state index in [0.717, 1.165) is 5.69 Å². The standard InChI is InChI=1S/C16H20N2O3S/c1-4-18(5-2)16(19)12-6-7-14(15(8-12)20-3)21-9-13-10-22-11-17-13/h6-8,10-11H,4-5,9H2,1-3H3. The smallest absolute Gasteiger partial charge is 0.253 e. The van der Waals surface area contributed by atoms with Crippen molar-refractivity contribution in [3.05, 3.63) is 40.3 Å². The van der Waals surface area contributed by atoms with E-state index in [4.69, 9.17) is 9.47 Å². The SMILES string of the molecule is CCN(CC)C(=O)c1ccc(OCc2cscn2)c(OC)c1. The normalized spacial score (nSPS) is 10.3. The van der Waals surface area contributed by atoms with Gasteiger partial charge >= 0.3 is 0 Å². The van der Waals surface area contributed by atoms with Crippen molar-refractivity contribution in [2.75, 3.05) is 20.2 Å². The minimum atomic E-state index is -0.00523. The Hall–Kier alpha value is -2.08. The van der Waals surface area contributed by atoms with E-state index in [1.165, 1.54) is 11.3 Å². The minimum Gasteiger partial charge on any atom is -0.493 e. The van der Waals surface area contributed by atoms with Crippen LogP contribution in [0.1, 0.15) is 29.9 Å². The zero-order valence-electron chi connectivity index (χ0n) is 13.0. The monoisotopic (exact) mass is 320 g/mol. The third-order valence-electron chi connectivity index (χ3n) is 3.32. The third-order valence-corrected chi connectivity index (χ3v) is 3.96. The van der Waals surface area contributed by atoms with Gasteiger partial charge in [-0.1, -0.05) is 0 Å². The van der Waals surface area contributed by atoms with Crippen molar-refractivity contribution >= 4 is 17.2 Å². The molecule has 118 valence electrons. The molecule has 5 nitrogen and oxygen atoms in total. The molecule has 6 heteroatoms. The lowest BCUT2D eigenvalue weighted by Gasteiger charge is -2.19. The fourth-order valence-electron chi connectivity index (χ4n) is 2.07. The second-order valence-corrected chi connectivity index (χ2v) is 5.33. The van der Waals surface area contributed by atoms with Crippen LogP contribution < -0.4 is 9.47 Å². The second kappa shape index (κ2) is 7.79. The molecule has 0 aliphatic heterocycles. The highest BCUT2D eigenvalue weighted by molar-refractivity contribution is 7.07. The molecular weight excluding hydrogens is 300 g/mol. The predicted molar refractivity (Wildman–Crippen MR) is 86.7 cm³/mol. The second-order valence-electron chi connectivity index (χ2n) is 4.61. The number of aromatic nitrogens is 1. The summed E-state index contributed by atoms with van der Waals surface area (Å²) >= 11 is 1.53. The average Bonchev–Trinajstić information content (AvgIpc) is 3.07. The number of benzene rings is 1. The van der Waals surface area contributed by atoms with E-state index in [2.05, 4.69) is 4.98 Å². The van der Waals surface area contributed by atoms with Gasteiger partial charge in [0.25, 0.3) is 5.91 Å². The molecule has 0 aliphatic rings. The molecule has 0 radical (unpaired) electrons. The van der Waals surface area contributed by atoms with Crippen LogP contribution in [0.2, 0.25) is 0 Å². The molecule has 0 atom stereocenters. The van der Waals surface area contributed by atoms with Crippen LogP contribution in [0.5, 0.6) is 11.5 Å². The molecule has 22 heavy (non-hydrogen) atoms. The van der Waals surface area contributed by atoms with Crippen molar-refractivity contribution in [3.8, 4) is 11.5 Å². The minimum absolute atomic E-state index is 0.00523. The molecule has 0 saturated heterocycles. The van der Waals surface area contributed by atoms with Gasteiger partial charge in [0.05, 0.1) is 18.3 Å². The zero-order chi connectivity index (χ0) is 15.9. The number of methoxy groups -OCH3 is 1. The van der Waals surface area contributed by atoms with Gasteiger partial charge in [-0.15, -0.1) is 11.3 Å². The first kappa shape index (κ1) is 16.3. The fraction of sp³-hybridized carbons (Fsp3) is 0.375. The van der Waals surface area contributed by atoms with E-state index in [1.807, 2.05) is 19.2 Å². The highest BCUT2D eigenvalue weighted by atomic mass is 32.1. The lowest BCUT2D eigenvalue weighted by molar-refractivity contribution is 0.0772. The third kappa shape index (κ3) is 3.76. The van der Waals surface area contributed by atoms with Gasteiger partial charge in [0.2, 0.25) is 0 Å². The Labute approximate surface area is 134 Å². The largest absolute Gasteiger partial charge is 0.493 e. The number of hydrogen-bond donors (Lipinski definition) is 0. The lowest BCUT2D eigenvalue weighted by atomic mass is 10.1. The van der Waals surface area contributed by atoms with Crippen LogP contribution in [0, 0.1) is 0 Å². The van der Waals surface area contributed by atoms with Gasteiger partial charge in [0.1, 0.15) is 6.61 Å². The molecule has 1 amide bonds. The number of hydrogen-bond acceptors (Lipinski definition) is 5. The zero-order valence-corrected chi connectivity index (χ0v) is 13.9. The molecule has 1 aromatic carbocycles. The van der Waals surface area contributed by atoms with E-state index >= 15 is 0 Å². The molecule has 1 heterocycles. The molecule has 0 N–H and O–H groups in total. The Morgan fingerprint density at radius 2 is 2.05 bits per heavy atom. The molecule has 0 saturated carbocycles. The summed E-state index contributed by atoms with van der Waals surface area (Å²) in [5.74, 6) is 1.15. The molecule has 0 spiro atoms. The molecular formula is C16H20N2O3S. The summed E-state index contributed by atoms with van der Waals surface area (Å²) in [6.45, 7) is 5.66. The summed E-state index contributed by atoms with van der Waals surface area (Å²) in [7, 11) is 1.57. The summed E-state index contributed by atoms with van der Waals surface area (Å²) in [5.41, 5.74) is 3.24. The maximum absolute atomic E-state index is 12.4. The predicted octanol–water partition coefficient (Wildman–Crippen LogP) is 3.21. The van der Waals surface area contributed by atoms with Gasteiger partial charge in [-0.25, -0.2) is 4.98 Å². The first-order valence-corrected chi connectivity index (χ1v) is 8.11. The highest BCUT2D eigenvalue weighted by Crippen LogP contribution is 2.29. The van der Waals surface area contributed by atoms with E-state index < -0.39 is 0 Å². The molecule has 0 bridgehead atoms. The van der Waals surface area contributed by atoms with Crippen LogP contribution in [-0.2, 0) is 6.61 Å². The lowest BCUT2D eigenvalue weighted by Crippen LogP contribution is -2.30. The number of rotatable bonds is 7. The summed E-state index contributed by atoms with van der Waals surface area (Å²) in [4.78, 5) is 18.3. The first-order valence-electron chi connectivity index (χ1n) is 7.16. The van der Waals surface area contributed by atoms with Crippen LogP contribution in [0.3, 0.4) is 0 Å². The number of ether oxygens (including phenoxy) is 2. The summed E-state index contributed by atoms with van der Waals surface area (Å²) in [6, 6.07) is 5.25. The van der Waals surface area contributed by atoms with Crippen LogP contribution in [0.4, 0.5) is 0 Å². The van der Waals surface area contributed by atoms with Crippen LogP contribution in [0.25, 0.3) is 0 Å². The molecule has 0 fully saturated rings. The van der Waals surface area contributed by atoms with Crippen LogP contribution in [-0.4, -0.2) is 36.0 Å². The summed E-state index contributed by atoms with van der Waals surface area (Å²) < 4.78 is 11.1. The van der Waals surface area contributed by atoms with E-state index in [-0.39, 0.29) is 5.91 Å². The van der Waals surface area contributed by atoms with Crippen molar-refractivity contribution < 1.29 is 14.3 Å². The van der Waals surface area contributed by atoms with Gasteiger partial charge in [-0.2, -0.15) is 0 Å². The van der Waals surface area contributed by atoms with Gasteiger partial charge in [-0.3, -0.25) is 4.79 Å². The highest BCUT2D eigenvalue weighted by Gasteiger charge is 2.15. The number of thiazole rings is 1. The van der Waals surface area contributed by atoms with Crippen molar-refractivity contribution in [2.45, 2.75) is 20.5 Å². The Kier molecular flexibility index (Phi) is 5.77. The molecule has 2 aromatic rings. The Morgan fingerprint density at radius 3 is 2.64 bits per heavy atom. The van der Waals surface area contributed by atoms with E-state index in [9.17, 15) is 4.79 Å². The number of nitrogens with zero attached hydrogens (tertiary/aromatic N) is 2. The van der Waals surface area contributed by atoms with E-state index in [1.54, 1.807) is 35.7 Å². The van der Waals surface area contributed by atoms with Crippen molar-refractivity contribution in [1.29, 1.82) is 0 Å². The van der Waals surface area contributed by atoms with Crippen molar-refractivity contribution in [3.63, 3.8) is 0 Å². The average molecular weight is 320 g/mol. The van der Waals surface area contributed by atoms with Crippen LogP contribution >= 0.6 is 11.3 Å². The molecule has 0 unspecified atom stereocenters. The van der Waals surface area contributed by atoms with Gasteiger partial charge in [-0.05, 0) is 32.0 Å². The summed E-state index contributed by atoms with van der Waals surface area (Å²) in [6.07, 6.45) is 0. The first-order chi connectivity index (χ1) is 10.7. The Balaban J connectivity index is 2.14. The fourth-order valence-corrected chi connectivity index (χ4v) is 2.62. The van der Waals surface area contributed by atoms with E-state index in [0.29, 0.717) is 36.8 Å². The quantitative estimate of drug-likeness (QED) is 0.786. The number of carbonyl (C=O) groups is 1.